The maximum absolute atomic E-state index is 9.54. The quantitative estimate of drug-likeness (QED) is 0.839. The molecule has 2 fully saturated rings. The highest BCUT2D eigenvalue weighted by Gasteiger charge is 2.33. The lowest BCUT2D eigenvalue weighted by Gasteiger charge is -2.32. The first-order chi connectivity index (χ1) is 10.7. The standard InChI is InChI=1S/C17H26N4O/c1-20-11-8-19-16(20)15-4-2-9-21(15)10-3-5-17(14-18)6-12-22-13-7-17/h8,11,15H,2-7,9-10,12-13H2,1H3. The summed E-state index contributed by atoms with van der Waals surface area (Å²) in [5.41, 5.74) is -0.142. The van der Waals surface area contributed by atoms with Crippen LogP contribution in [-0.2, 0) is 11.8 Å². The first-order valence-corrected chi connectivity index (χ1v) is 8.44. The second kappa shape index (κ2) is 6.80. The topological polar surface area (TPSA) is 54.1 Å². The molecule has 0 amide bonds. The predicted molar refractivity (Wildman–Crippen MR) is 84.1 cm³/mol. The fraction of sp³-hybridized carbons (Fsp3) is 0.765. The molecule has 0 radical (unpaired) electrons. The number of rotatable bonds is 5. The van der Waals surface area contributed by atoms with Crippen LogP contribution in [0.5, 0.6) is 0 Å². The summed E-state index contributed by atoms with van der Waals surface area (Å²) < 4.78 is 7.55. The lowest BCUT2D eigenvalue weighted by Crippen LogP contribution is -2.31. The molecular formula is C17H26N4O. The molecule has 0 spiro atoms. The summed E-state index contributed by atoms with van der Waals surface area (Å²) >= 11 is 0. The Hall–Kier alpha value is -1.38. The van der Waals surface area contributed by atoms with Gasteiger partial charge in [-0.25, -0.2) is 4.98 Å². The Morgan fingerprint density at radius 1 is 1.45 bits per heavy atom. The van der Waals surface area contributed by atoms with E-state index in [-0.39, 0.29) is 5.41 Å². The molecule has 5 heteroatoms. The highest BCUT2D eigenvalue weighted by Crippen LogP contribution is 2.36. The minimum atomic E-state index is -0.142. The third-order valence-electron chi connectivity index (χ3n) is 5.31. The van der Waals surface area contributed by atoms with Crippen LogP contribution in [0.15, 0.2) is 12.4 Å². The fourth-order valence-corrected chi connectivity index (χ4v) is 3.88. The van der Waals surface area contributed by atoms with Gasteiger partial charge in [0.1, 0.15) is 5.82 Å². The van der Waals surface area contributed by atoms with Crippen molar-refractivity contribution in [3.63, 3.8) is 0 Å². The molecule has 0 bridgehead atoms. The summed E-state index contributed by atoms with van der Waals surface area (Å²) in [5.74, 6) is 1.18. The van der Waals surface area contributed by atoms with Gasteiger partial charge < -0.3 is 9.30 Å². The molecule has 0 aliphatic carbocycles. The van der Waals surface area contributed by atoms with Crippen molar-refractivity contribution in [2.24, 2.45) is 12.5 Å². The summed E-state index contributed by atoms with van der Waals surface area (Å²) in [6, 6.07) is 3.03. The number of aromatic nitrogens is 2. The van der Waals surface area contributed by atoms with E-state index in [2.05, 4.69) is 27.6 Å². The van der Waals surface area contributed by atoms with E-state index in [9.17, 15) is 5.26 Å². The zero-order valence-electron chi connectivity index (χ0n) is 13.5. The molecule has 5 nitrogen and oxygen atoms in total. The number of hydrogen-bond donors (Lipinski definition) is 0. The van der Waals surface area contributed by atoms with Crippen LogP contribution in [0.4, 0.5) is 0 Å². The van der Waals surface area contributed by atoms with Gasteiger partial charge >= 0.3 is 0 Å². The van der Waals surface area contributed by atoms with Crippen molar-refractivity contribution >= 4 is 0 Å². The van der Waals surface area contributed by atoms with E-state index >= 15 is 0 Å². The summed E-state index contributed by atoms with van der Waals surface area (Å²) in [5, 5.41) is 9.54. The van der Waals surface area contributed by atoms with E-state index in [0.29, 0.717) is 6.04 Å². The van der Waals surface area contributed by atoms with Gasteiger partial charge in [-0.05, 0) is 51.6 Å². The van der Waals surface area contributed by atoms with E-state index in [1.165, 1.54) is 18.7 Å². The minimum absolute atomic E-state index is 0.142. The Balaban J connectivity index is 1.55. The van der Waals surface area contributed by atoms with Crippen LogP contribution in [0.25, 0.3) is 0 Å². The SMILES string of the molecule is Cn1ccnc1C1CCCN1CCCC1(C#N)CCOCC1. The molecule has 1 atom stereocenters. The van der Waals surface area contributed by atoms with Gasteiger partial charge in [0.25, 0.3) is 0 Å². The zero-order chi connectivity index (χ0) is 15.4. The first kappa shape index (κ1) is 15.5. The van der Waals surface area contributed by atoms with Crippen LogP contribution in [0.2, 0.25) is 0 Å². The predicted octanol–water partition coefficient (Wildman–Crippen LogP) is 2.66. The van der Waals surface area contributed by atoms with E-state index in [4.69, 9.17) is 4.74 Å². The molecule has 3 rings (SSSR count). The smallest absolute Gasteiger partial charge is 0.125 e. The lowest BCUT2D eigenvalue weighted by atomic mass is 9.78. The molecule has 120 valence electrons. The highest BCUT2D eigenvalue weighted by atomic mass is 16.5. The average molecular weight is 302 g/mol. The van der Waals surface area contributed by atoms with Gasteiger partial charge in [0.15, 0.2) is 0 Å². The molecule has 2 aliphatic heterocycles. The molecule has 0 aromatic carbocycles. The second-order valence-electron chi connectivity index (χ2n) is 6.70. The van der Waals surface area contributed by atoms with Crippen molar-refractivity contribution < 1.29 is 4.74 Å². The molecule has 1 aromatic rings. The molecule has 1 aromatic heterocycles. The van der Waals surface area contributed by atoms with E-state index in [1.54, 1.807) is 0 Å². The lowest BCUT2D eigenvalue weighted by molar-refractivity contribution is 0.0347. The molecule has 22 heavy (non-hydrogen) atoms. The van der Waals surface area contributed by atoms with Crippen LogP contribution >= 0.6 is 0 Å². The molecule has 1 unspecified atom stereocenters. The Kier molecular flexibility index (Phi) is 4.80. The maximum Gasteiger partial charge on any atom is 0.125 e. The molecule has 2 saturated heterocycles. The van der Waals surface area contributed by atoms with Crippen molar-refractivity contribution in [1.29, 1.82) is 5.26 Å². The Bertz CT molecular complexity index is 527. The number of likely N-dealkylation sites (tertiary alicyclic amines) is 1. The van der Waals surface area contributed by atoms with Crippen LogP contribution in [-0.4, -0.2) is 40.8 Å². The average Bonchev–Trinajstić information content (AvgIpc) is 3.17. The Labute approximate surface area is 132 Å². The summed E-state index contributed by atoms with van der Waals surface area (Å²) in [7, 11) is 2.07. The van der Waals surface area contributed by atoms with Crippen molar-refractivity contribution in [1.82, 2.24) is 14.5 Å². The summed E-state index contributed by atoms with van der Waals surface area (Å²) in [6.45, 7) is 3.71. The van der Waals surface area contributed by atoms with E-state index < -0.39 is 0 Å². The van der Waals surface area contributed by atoms with E-state index in [0.717, 1.165) is 52.0 Å². The van der Waals surface area contributed by atoms with E-state index in [1.807, 2.05) is 12.4 Å². The number of nitriles is 1. The van der Waals surface area contributed by atoms with Gasteiger partial charge in [0, 0.05) is 32.7 Å². The third-order valence-corrected chi connectivity index (χ3v) is 5.31. The van der Waals surface area contributed by atoms with Gasteiger partial charge in [0.05, 0.1) is 17.5 Å². The van der Waals surface area contributed by atoms with Crippen molar-refractivity contribution in [3.05, 3.63) is 18.2 Å². The number of imidazole rings is 1. The van der Waals surface area contributed by atoms with Crippen LogP contribution in [0, 0.1) is 16.7 Å². The zero-order valence-corrected chi connectivity index (χ0v) is 13.5. The molecule has 3 heterocycles. The second-order valence-corrected chi connectivity index (χ2v) is 6.70. The molecular weight excluding hydrogens is 276 g/mol. The number of aryl methyl sites for hydroxylation is 1. The molecule has 2 aliphatic rings. The molecule has 0 saturated carbocycles. The first-order valence-electron chi connectivity index (χ1n) is 8.44. The van der Waals surface area contributed by atoms with Crippen molar-refractivity contribution in [2.45, 2.75) is 44.6 Å². The van der Waals surface area contributed by atoms with Crippen LogP contribution < -0.4 is 0 Å². The van der Waals surface area contributed by atoms with Crippen LogP contribution in [0.1, 0.15) is 50.4 Å². The van der Waals surface area contributed by atoms with Gasteiger partial charge in [0.2, 0.25) is 0 Å². The monoisotopic (exact) mass is 302 g/mol. The third kappa shape index (κ3) is 3.18. The molecule has 0 N–H and O–H groups in total. The fourth-order valence-electron chi connectivity index (χ4n) is 3.88. The number of hydrogen-bond acceptors (Lipinski definition) is 4. The minimum Gasteiger partial charge on any atom is -0.381 e. The van der Waals surface area contributed by atoms with Gasteiger partial charge in [-0.1, -0.05) is 0 Å². The van der Waals surface area contributed by atoms with Crippen molar-refractivity contribution in [2.75, 3.05) is 26.3 Å². The Morgan fingerprint density at radius 2 is 2.27 bits per heavy atom. The van der Waals surface area contributed by atoms with Gasteiger partial charge in [-0.15, -0.1) is 0 Å². The largest absolute Gasteiger partial charge is 0.381 e. The summed E-state index contributed by atoms with van der Waals surface area (Å²) in [6.07, 6.45) is 10.2. The normalized spacial score (nSPS) is 25.2. The number of nitrogens with zero attached hydrogens (tertiary/aromatic N) is 4. The van der Waals surface area contributed by atoms with Gasteiger partial charge in [-0.2, -0.15) is 5.26 Å². The van der Waals surface area contributed by atoms with Gasteiger partial charge in [-0.3, -0.25) is 4.90 Å². The van der Waals surface area contributed by atoms with Crippen molar-refractivity contribution in [3.8, 4) is 6.07 Å². The summed E-state index contributed by atoms with van der Waals surface area (Å²) in [4.78, 5) is 7.08. The maximum atomic E-state index is 9.54. The highest BCUT2D eigenvalue weighted by molar-refractivity contribution is 5.03. The van der Waals surface area contributed by atoms with Crippen LogP contribution in [0.3, 0.4) is 0 Å². The number of ether oxygens (including phenoxy) is 1. The Morgan fingerprint density at radius 3 is 2.95 bits per heavy atom.